The molecule has 0 aliphatic heterocycles. The van der Waals surface area contributed by atoms with E-state index in [1.165, 1.54) is 0 Å². The first-order valence-corrected chi connectivity index (χ1v) is 8.31. The van der Waals surface area contributed by atoms with Gasteiger partial charge < -0.3 is 10.1 Å². The number of carbonyl (C=O) groups excluding carboxylic acids is 1. The quantitative estimate of drug-likeness (QED) is 0.700. The zero-order valence-electron chi connectivity index (χ0n) is 14.7. The van der Waals surface area contributed by atoms with Crippen molar-refractivity contribution < 1.29 is 9.53 Å². The number of pyridine rings is 1. The van der Waals surface area contributed by atoms with Crippen LogP contribution in [0.3, 0.4) is 0 Å². The first-order chi connectivity index (χ1) is 12.6. The van der Waals surface area contributed by atoms with Gasteiger partial charge in [-0.3, -0.25) is 9.78 Å². The minimum absolute atomic E-state index is 0.146. The average Bonchev–Trinajstić information content (AvgIpc) is 3.14. The molecule has 3 aromatic rings. The lowest BCUT2D eigenvalue weighted by molar-refractivity contribution is 0.0950. The predicted molar refractivity (Wildman–Crippen MR) is 94.4 cm³/mol. The van der Waals surface area contributed by atoms with Gasteiger partial charge in [-0.2, -0.15) is 0 Å². The van der Waals surface area contributed by atoms with Crippen LogP contribution in [0.1, 0.15) is 41.8 Å². The van der Waals surface area contributed by atoms with Gasteiger partial charge in [0, 0.05) is 11.8 Å². The number of nitrogens with one attached hydrogen (secondary N) is 1. The third kappa shape index (κ3) is 4.41. The van der Waals surface area contributed by atoms with Gasteiger partial charge in [-0.1, -0.05) is 12.1 Å². The van der Waals surface area contributed by atoms with Crippen molar-refractivity contribution in [1.82, 2.24) is 30.5 Å². The molecular weight excluding hydrogens is 332 g/mol. The van der Waals surface area contributed by atoms with Gasteiger partial charge in [0.2, 0.25) is 0 Å². The Hall–Kier alpha value is -3.29. The number of hydrogen-bond acceptors (Lipinski definition) is 6. The lowest BCUT2D eigenvalue weighted by atomic mass is 10.2. The molecule has 0 aliphatic carbocycles. The lowest BCUT2D eigenvalue weighted by Gasteiger charge is -2.10. The molecule has 0 saturated carbocycles. The molecule has 1 amide bonds. The van der Waals surface area contributed by atoms with Crippen LogP contribution in [0.5, 0.6) is 5.75 Å². The number of aromatic nitrogens is 5. The minimum Gasteiger partial charge on any atom is -0.486 e. The number of tetrazole rings is 1. The van der Waals surface area contributed by atoms with Gasteiger partial charge in [0.25, 0.3) is 5.91 Å². The Morgan fingerprint density at radius 2 is 2.12 bits per heavy atom. The molecule has 2 aromatic heterocycles. The Bertz CT molecular complexity index is 863. The van der Waals surface area contributed by atoms with Gasteiger partial charge in [-0.05, 0) is 54.6 Å². The van der Waals surface area contributed by atoms with E-state index in [2.05, 4.69) is 25.8 Å². The molecule has 1 aromatic carbocycles. The Kier molecular flexibility index (Phi) is 5.52. The predicted octanol–water partition coefficient (Wildman–Crippen LogP) is 2.16. The van der Waals surface area contributed by atoms with Crippen LogP contribution in [0.4, 0.5) is 0 Å². The van der Waals surface area contributed by atoms with Crippen molar-refractivity contribution in [3.05, 3.63) is 65.7 Å². The SMILES string of the molecule is CC(C)n1nnnc1COc1cccc(C(=O)NCc2ccccn2)c1. The maximum Gasteiger partial charge on any atom is 0.251 e. The fourth-order valence-corrected chi connectivity index (χ4v) is 2.36. The Morgan fingerprint density at radius 1 is 1.23 bits per heavy atom. The van der Waals surface area contributed by atoms with Gasteiger partial charge in [-0.25, -0.2) is 4.68 Å². The first-order valence-electron chi connectivity index (χ1n) is 8.31. The summed E-state index contributed by atoms with van der Waals surface area (Å²) in [5, 5.41) is 14.4. The van der Waals surface area contributed by atoms with E-state index in [1.54, 1.807) is 35.1 Å². The Morgan fingerprint density at radius 3 is 2.88 bits per heavy atom. The minimum atomic E-state index is -0.187. The van der Waals surface area contributed by atoms with E-state index in [9.17, 15) is 4.79 Å². The highest BCUT2D eigenvalue weighted by Crippen LogP contribution is 2.15. The van der Waals surface area contributed by atoms with Crippen molar-refractivity contribution in [2.75, 3.05) is 0 Å². The summed E-state index contributed by atoms with van der Waals surface area (Å²) in [6, 6.07) is 12.7. The molecule has 0 unspecified atom stereocenters. The summed E-state index contributed by atoms with van der Waals surface area (Å²) in [6.07, 6.45) is 1.70. The highest BCUT2D eigenvalue weighted by molar-refractivity contribution is 5.94. The molecule has 0 atom stereocenters. The Balaban J connectivity index is 1.60. The summed E-state index contributed by atoms with van der Waals surface area (Å²) in [5.74, 6) is 1.02. The molecule has 0 saturated heterocycles. The van der Waals surface area contributed by atoms with Crippen molar-refractivity contribution in [2.24, 2.45) is 0 Å². The van der Waals surface area contributed by atoms with Crippen LogP contribution in [0, 0.1) is 0 Å². The second kappa shape index (κ2) is 8.19. The molecule has 0 fully saturated rings. The van der Waals surface area contributed by atoms with Crippen molar-refractivity contribution in [1.29, 1.82) is 0 Å². The highest BCUT2D eigenvalue weighted by atomic mass is 16.5. The number of carbonyl (C=O) groups is 1. The fourth-order valence-electron chi connectivity index (χ4n) is 2.36. The van der Waals surface area contributed by atoms with Gasteiger partial charge in [-0.15, -0.1) is 5.10 Å². The van der Waals surface area contributed by atoms with Gasteiger partial charge in [0.15, 0.2) is 5.82 Å². The molecular formula is C18H20N6O2. The van der Waals surface area contributed by atoms with E-state index in [-0.39, 0.29) is 18.6 Å². The van der Waals surface area contributed by atoms with Crippen LogP contribution in [0.25, 0.3) is 0 Å². The zero-order chi connectivity index (χ0) is 18.4. The van der Waals surface area contributed by atoms with Crippen LogP contribution in [-0.4, -0.2) is 31.1 Å². The molecule has 0 bridgehead atoms. The number of ether oxygens (including phenoxy) is 1. The summed E-state index contributed by atoms with van der Waals surface area (Å²) in [7, 11) is 0. The van der Waals surface area contributed by atoms with E-state index in [4.69, 9.17) is 4.74 Å². The highest BCUT2D eigenvalue weighted by Gasteiger charge is 2.11. The summed E-state index contributed by atoms with van der Waals surface area (Å²) < 4.78 is 7.44. The van der Waals surface area contributed by atoms with Crippen LogP contribution >= 0.6 is 0 Å². The molecule has 2 heterocycles. The smallest absolute Gasteiger partial charge is 0.251 e. The molecule has 0 radical (unpaired) electrons. The van der Waals surface area contributed by atoms with Crippen LogP contribution in [0.2, 0.25) is 0 Å². The van der Waals surface area contributed by atoms with E-state index in [0.717, 1.165) is 5.69 Å². The van der Waals surface area contributed by atoms with Gasteiger partial charge in [0.05, 0.1) is 18.3 Å². The molecule has 0 aliphatic rings. The van der Waals surface area contributed by atoms with Gasteiger partial charge in [0.1, 0.15) is 12.4 Å². The third-order valence-electron chi connectivity index (χ3n) is 3.67. The molecule has 8 heteroatoms. The normalized spacial score (nSPS) is 10.7. The first kappa shape index (κ1) is 17.5. The monoisotopic (exact) mass is 352 g/mol. The van der Waals surface area contributed by atoms with Crippen LogP contribution in [0.15, 0.2) is 48.7 Å². The number of amides is 1. The number of benzene rings is 1. The molecule has 3 rings (SSSR count). The van der Waals surface area contributed by atoms with E-state index in [1.807, 2.05) is 32.0 Å². The number of hydrogen-bond donors (Lipinski definition) is 1. The second-order valence-corrected chi connectivity index (χ2v) is 5.95. The van der Waals surface area contributed by atoms with Crippen molar-refractivity contribution in [2.45, 2.75) is 33.0 Å². The number of rotatable bonds is 7. The summed E-state index contributed by atoms with van der Waals surface area (Å²) in [6.45, 7) is 4.58. The van der Waals surface area contributed by atoms with Crippen LogP contribution in [-0.2, 0) is 13.2 Å². The van der Waals surface area contributed by atoms with E-state index < -0.39 is 0 Å². The Labute approximate surface area is 151 Å². The lowest BCUT2D eigenvalue weighted by Crippen LogP contribution is -2.23. The third-order valence-corrected chi connectivity index (χ3v) is 3.67. The van der Waals surface area contributed by atoms with Crippen molar-refractivity contribution in [3.63, 3.8) is 0 Å². The topological polar surface area (TPSA) is 94.8 Å². The van der Waals surface area contributed by atoms with Crippen molar-refractivity contribution in [3.8, 4) is 5.75 Å². The van der Waals surface area contributed by atoms with Gasteiger partial charge >= 0.3 is 0 Å². The largest absolute Gasteiger partial charge is 0.486 e. The maximum absolute atomic E-state index is 12.3. The van der Waals surface area contributed by atoms with E-state index >= 15 is 0 Å². The fraction of sp³-hybridized carbons (Fsp3) is 0.278. The average molecular weight is 352 g/mol. The molecule has 134 valence electrons. The summed E-state index contributed by atoms with van der Waals surface area (Å²) >= 11 is 0. The maximum atomic E-state index is 12.3. The second-order valence-electron chi connectivity index (χ2n) is 5.95. The molecule has 0 spiro atoms. The summed E-state index contributed by atoms with van der Waals surface area (Å²) in [4.78, 5) is 16.5. The molecule has 1 N–H and O–H groups in total. The standard InChI is InChI=1S/C18H20N6O2/c1-13(2)24-17(21-22-23-24)12-26-16-8-5-6-14(10-16)18(25)20-11-15-7-3-4-9-19-15/h3-10,13H,11-12H2,1-2H3,(H,20,25). The van der Waals surface area contributed by atoms with E-state index in [0.29, 0.717) is 23.7 Å². The number of nitrogens with zero attached hydrogens (tertiary/aromatic N) is 5. The summed E-state index contributed by atoms with van der Waals surface area (Å²) in [5.41, 5.74) is 1.32. The molecule has 26 heavy (non-hydrogen) atoms. The van der Waals surface area contributed by atoms with Crippen molar-refractivity contribution >= 4 is 5.91 Å². The molecule has 8 nitrogen and oxygen atoms in total. The zero-order valence-corrected chi connectivity index (χ0v) is 14.7. The van der Waals surface area contributed by atoms with Crippen LogP contribution < -0.4 is 10.1 Å².